The van der Waals surface area contributed by atoms with Gasteiger partial charge in [-0.1, -0.05) is 13.8 Å². The highest BCUT2D eigenvalue weighted by Crippen LogP contribution is 2.33. The topological polar surface area (TPSA) is 52.3 Å². The molecule has 3 nitrogen and oxygen atoms in total. The van der Waals surface area contributed by atoms with Gasteiger partial charge < -0.3 is 10.5 Å². The van der Waals surface area contributed by atoms with Crippen LogP contribution in [0.3, 0.4) is 0 Å². The van der Waals surface area contributed by atoms with Crippen molar-refractivity contribution in [3.05, 3.63) is 22.4 Å². The normalized spacial score (nSPS) is 14.6. The zero-order chi connectivity index (χ0) is 12.9. The van der Waals surface area contributed by atoms with E-state index in [4.69, 9.17) is 10.5 Å². The van der Waals surface area contributed by atoms with Crippen molar-refractivity contribution in [2.45, 2.75) is 27.2 Å². The van der Waals surface area contributed by atoms with Crippen molar-refractivity contribution in [3.63, 3.8) is 0 Å². The molecule has 1 rings (SSSR count). The molecule has 0 amide bonds. The quantitative estimate of drug-likeness (QED) is 0.794. The maximum atomic E-state index is 12.2. The van der Waals surface area contributed by atoms with Crippen LogP contribution in [0.1, 0.15) is 26.3 Å². The van der Waals surface area contributed by atoms with Crippen molar-refractivity contribution in [1.29, 1.82) is 0 Å². The van der Waals surface area contributed by atoms with Gasteiger partial charge in [0, 0.05) is 6.54 Å². The molecule has 1 aromatic rings. The highest BCUT2D eigenvalue weighted by molar-refractivity contribution is 7.07. The highest BCUT2D eigenvalue weighted by atomic mass is 32.1. The molecule has 1 unspecified atom stereocenters. The zero-order valence-corrected chi connectivity index (χ0v) is 11.5. The minimum Gasteiger partial charge on any atom is -0.466 e. The fourth-order valence-electron chi connectivity index (χ4n) is 1.94. The smallest absolute Gasteiger partial charge is 0.313 e. The van der Waals surface area contributed by atoms with Crippen LogP contribution in [-0.4, -0.2) is 19.1 Å². The summed E-state index contributed by atoms with van der Waals surface area (Å²) >= 11 is 1.63. The molecule has 17 heavy (non-hydrogen) atoms. The Morgan fingerprint density at radius 3 is 2.71 bits per heavy atom. The minimum absolute atomic E-state index is 0.159. The van der Waals surface area contributed by atoms with Crippen molar-refractivity contribution in [3.8, 4) is 0 Å². The summed E-state index contributed by atoms with van der Waals surface area (Å²) in [5, 5.41) is 4.08. The fourth-order valence-corrected chi connectivity index (χ4v) is 2.60. The standard InChI is InChI=1S/C13H21NO2S/c1-4-16-12(15)13(9-14,10(2)3)7-11-5-6-17-8-11/h5-6,8,10H,4,7,9,14H2,1-3H3. The molecule has 0 saturated carbocycles. The molecule has 1 heterocycles. The maximum absolute atomic E-state index is 12.2. The minimum atomic E-state index is -0.600. The van der Waals surface area contributed by atoms with Crippen LogP contribution in [-0.2, 0) is 16.0 Å². The lowest BCUT2D eigenvalue weighted by Crippen LogP contribution is -2.46. The third kappa shape index (κ3) is 3.07. The van der Waals surface area contributed by atoms with Gasteiger partial charge in [-0.25, -0.2) is 0 Å². The number of carbonyl (C=O) groups excluding carboxylic acids is 1. The van der Waals surface area contributed by atoms with Crippen LogP contribution in [0.2, 0.25) is 0 Å². The molecule has 0 fully saturated rings. The molecule has 1 atom stereocenters. The average molecular weight is 255 g/mol. The third-order valence-corrected chi connectivity index (χ3v) is 3.98. The van der Waals surface area contributed by atoms with Gasteiger partial charge in [-0.15, -0.1) is 0 Å². The van der Waals surface area contributed by atoms with Crippen LogP contribution in [0.15, 0.2) is 16.8 Å². The molecular weight excluding hydrogens is 234 g/mol. The summed E-state index contributed by atoms with van der Waals surface area (Å²) in [7, 11) is 0. The lowest BCUT2D eigenvalue weighted by atomic mass is 9.73. The van der Waals surface area contributed by atoms with Gasteiger partial charge >= 0.3 is 5.97 Å². The van der Waals surface area contributed by atoms with Gasteiger partial charge in [0.15, 0.2) is 0 Å². The lowest BCUT2D eigenvalue weighted by Gasteiger charge is -2.33. The molecular formula is C13H21NO2S. The van der Waals surface area contributed by atoms with Crippen LogP contribution in [0.5, 0.6) is 0 Å². The Bertz CT molecular complexity index is 348. The van der Waals surface area contributed by atoms with E-state index in [0.29, 0.717) is 19.6 Å². The number of esters is 1. The number of ether oxygens (including phenoxy) is 1. The van der Waals surface area contributed by atoms with Gasteiger partial charge in [-0.3, -0.25) is 4.79 Å². The number of carbonyl (C=O) groups is 1. The van der Waals surface area contributed by atoms with Crippen LogP contribution >= 0.6 is 11.3 Å². The molecule has 4 heteroatoms. The number of nitrogens with two attached hydrogens (primary N) is 1. The monoisotopic (exact) mass is 255 g/mol. The van der Waals surface area contributed by atoms with Crippen LogP contribution in [0, 0.1) is 11.3 Å². The largest absolute Gasteiger partial charge is 0.466 e. The van der Waals surface area contributed by atoms with Crippen molar-refractivity contribution in [1.82, 2.24) is 0 Å². The number of rotatable bonds is 6. The van der Waals surface area contributed by atoms with Crippen LogP contribution < -0.4 is 5.73 Å². The van der Waals surface area contributed by atoms with Gasteiger partial charge in [-0.05, 0) is 41.7 Å². The number of hydrogen-bond donors (Lipinski definition) is 1. The zero-order valence-electron chi connectivity index (χ0n) is 10.7. The first-order chi connectivity index (χ1) is 8.06. The Kier molecular flexibility index (Phi) is 5.15. The lowest BCUT2D eigenvalue weighted by molar-refractivity contribution is -0.157. The fraction of sp³-hybridized carbons (Fsp3) is 0.615. The van der Waals surface area contributed by atoms with Crippen molar-refractivity contribution >= 4 is 17.3 Å². The Hall–Kier alpha value is -0.870. The first-order valence-electron chi connectivity index (χ1n) is 5.95. The van der Waals surface area contributed by atoms with E-state index in [1.807, 2.05) is 32.2 Å². The number of hydrogen-bond acceptors (Lipinski definition) is 4. The molecule has 0 radical (unpaired) electrons. The first-order valence-corrected chi connectivity index (χ1v) is 6.89. The molecule has 0 aromatic carbocycles. The summed E-state index contributed by atoms with van der Waals surface area (Å²) in [6, 6.07) is 2.04. The molecule has 2 N–H and O–H groups in total. The predicted molar refractivity (Wildman–Crippen MR) is 71.0 cm³/mol. The Morgan fingerprint density at radius 1 is 1.59 bits per heavy atom. The summed E-state index contributed by atoms with van der Waals surface area (Å²) < 4.78 is 5.19. The maximum Gasteiger partial charge on any atom is 0.313 e. The predicted octanol–water partition coefficient (Wildman–Crippen LogP) is 2.45. The molecule has 96 valence electrons. The van der Waals surface area contributed by atoms with Crippen molar-refractivity contribution in [2.24, 2.45) is 17.1 Å². The second-order valence-corrected chi connectivity index (χ2v) is 5.32. The summed E-state index contributed by atoms with van der Waals surface area (Å²) in [4.78, 5) is 12.2. The van der Waals surface area contributed by atoms with Gasteiger partial charge in [0.2, 0.25) is 0 Å². The summed E-state index contributed by atoms with van der Waals surface area (Å²) in [5.74, 6) is -0.0184. The van der Waals surface area contributed by atoms with Gasteiger partial charge in [-0.2, -0.15) is 11.3 Å². The van der Waals surface area contributed by atoms with Crippen LogP contribution in [0.25, 0.3) is 0 Å². The molecule has 0 aliphatic heterocycles. The molecule has 0 aliphatic carbocycles. The van der Waals surface area contributed by atoms with E-state index >= 15 is 0 Å². The highest BCUT2D eigenvalue weighted by Gasteiger charge is 2.41. The molecule has 0 spiro atoms. The Labute approximate surface area is 107 Å². The van der Waals surface area contributed by atoms with E-state index in [0.717, 1.165) is 5.56 Å². The van der Waals surface area contributed by atoms with E-state index in [1.54, 1.807) is 11.3 Å². The second kappa shape index (κ2) is 6.17. The Morgan fingerprint density at radius 2 is 2.29 bits per heavy atom. The third-order valence-electron chi connectivity index (χ3n) is 3.25. The van der Waals surface area contributed by atoms with Gasteiger partial charge in [0.1, 0.15) is 0 Å². The number of thiophene rings is 1. The molecule has 0 aliphatic rings. The van der Waals surface area contributed by atoms with Crippen LogP contribution in [0.4, 0.5) is 0 Å². The van der Waals surface area contributed by atoms with Gasteiger partial charge in [0.25, 0.3) is 0 Å². The second-order valence-electron chi connectivity index (χ2n) is 4.54. The molecule has 0 saturated heterocycles. The van der Waals surface area contributed by atoms with E-state index in [9.17, 15) is 4.79 Å². The van der Waals surface area contributed by atoms with Crippen molar-refractivity contribution < 1.29 is 9.53 Å². The molecule has 1 aromatic heterocycles. The first kappa shape index (κ1) is 14.2. The van der Waals surface area contributed by atoms with E-state index in [2.05, 4.69) is 5.38 Å². The van der Waals surface area contributed by atoms with E-state index in [1.165, 1.54) is 0 Å². The van der Waals surface area contributed by atoms with Gasteiger partial charge in [0.05, 0.1) is 12.0 Å². The summed E-state index contributed by atoms with van der Waals surface area (Å²) in [5.41, 5.74) is 6.41. The Balaban J connectivity index is 2.96. The van der Waals surface area contributed by atoms with E-state index in [-0.39, 0.29) is 11.9 Å². The average Bonchev–Trinajstić information content (AvgIpc) is 2.78. The summed E-state index contributed by atoms with van der Waals surface area (Å²) in [6.45, 7) is 6.59. The SMILES string of the molecule is CCOC(=O)C(CN)(Cc1ccsc1)C(C)C. The molecule has 0 bridgehead atoms. The van der Waals surface area contributed by atoms with Crippen molar-refractivity contribution in [2.75, 3.05) is 13.2 Å². The van der Waals surface area contributed by atoms with E-state index < -0.39 is 5.41 Å². The summed E-state index contributed by atoms with van der Waals surface area (Å²) in [6.07, 6.45) is 0.656.